The highest BCUT2D eigenvalue weighted by molar-refractivity contribution is 6.36. The lowest BCUT2D eigenvalue weighted by molar-refractivity contribution is 0.475. The van der Waals surface area contributed by atoms with Crippen molar-refractivity contribution in [3.63, 3.8) is 0 Å². The van der Waals surface area contributed by atoms with Crippen LogP contribution in [0.4, 0.5) is 5.69 Å². The maximum Gasteiger partial charge on any atom is 0.229 e. The number of benzene rings is 3. The highest BCUT2D eigenvalue weighted by Crippen LogP contribution is 2.34. The van der Waals surface area contributed by atoms with Crippen LogP contribution in [-0.2, 0) is 0 Å². The van der Waals surface area contributed by atoms with Crippen LogP contribution in [0.5, 0.6) is 5.75 Å². The summed E-state index contributed by atoms with van der Waals surface area (Å²) in [5, 5.41) is 10.7. The lowest BCUT2D eigenvalue weighted by Gasteiger charge is -2.04. The van der Waals surface area contributed by atoms with E-state index in [9.17, 15) is 5.11 Å². The van der Waals surface area contributed by atoms with E-state index in [2.05, 4.69) is 9.98 Å². The van der Waals surface area contributed by atoms with Crippen molar-refractivity contribution >= 4 is 46.2 Å². The van der Waals surface area contributed by atoms with E-state index in [-0.39, 0.29) is 10.8 Å². The Labute approximate surface area is 165 Å². The Kier molecular flexibility index (Phi) is 4.60. The van der Waals surface area contributed by atoms with E-state index >= 15 is 0 Å². The van der Waals surface area contributed by atoms with E-state index in [0.717, 1.165) is 16.6 Å². The fraction of sp³-hybridized carbons (Fsp3) is 0.0476. The number of aromatic nitrogens is 1. The fourth-order valence-corrected chi connectivity index (χ4v) is 3.25. The minimum atomic E-state index is -0.0698. The van der Waals surface area contributed by atoms with E-state index in [4.69, 9.17) is 27.6 Å². The highest BCUT2D eigenvalue weighted by atomic mass is 35.5. The van der Waals surface area contributed by atoms with Gasteiger partial charge in [-0.1, -0.05) is 41.4 Å². The van der Waals surface area contributed by atoms with Gasteiger partial charge in [-0.2, -0.15) is 0 Å². The first-order valence-corrected chi connectivity index (χ1v) is 8.95. The number of aromatic hydroxyl groups is 1. The molecule has 1 heterocycles. The Morgan fingerprint density at radius 2 is 1.89 bits per heavy atom. The summed E-state index contributed by atoms with van der Waals surface area (Å²) < 4.78 is 5.89. The number of hydrogen-bond donors (Lipinski definition) is 1. The summed E-state index contributed by atoms with van der Waals surface area (Å²) in [6.45, 7) is 2.01. The third kappa shape index (κ3) is 3.54. The molecule has 0 aliphatic carbocycles. The monoisotopic (exact) mass is 396 g/mol. The number of aliphatic imine (C=N–C) groups is 1. The molecule has 0 atom stereocenters. The number of aryl methyl sites for hydroxylation is 1. The zero-order valence-electron chi connectivity index (χ0n) is 14.3. The largest absolute Gasteiger partial charge is 0.506 e. The van der Waals surface area contributed by atoms with Crippen LogP contribution < -0.4 is 0 Å². The molecule has 4 nitrogen and oxygen atoms in total. The van der Waals surface area contributed by atoms with E-state index in [1.807, 2.05) is 49.4 Å². The van der Waals surface area contributed by atoms with Crippen LogP contribution in [0.15, 0.2) is 64.0 Å². The summed E-state index contributed by atoms with van der Waals surface area (Å²) >= 11 is 12.0. The molecule has 0 fully saturated rings. The molecule has 3 aromatic carbocycles. The van der Waals surface area contributed by atoms with Gasteiger partial charge in [0.15, 0.2) is 5.58 Å². The molecule has 1 N–H and O–H groups in total. The van der Waals surface area contributed by atoms with Gasteiger partial charge in [-0.3, -0.25) is 4.99 Å². The molecule has 0 bridgehead atoms. The van der Waals surface area contributed by atoms with Crippen molar-refractivity contribution in [2.45, 2.75) is 6.92 Å². The third-order valence-electron chi connectivity index (χ3n) is 4.08. The number of rotatable bonds is 3. The minimum absolute atomic E-state index is 0.0698. The van der Waals surface area contributed by atoms with Crippen molar-refractivity contribution in [1.82, 2.24) is 4.98 Å². The van der Waals surface area contributed by atoms with Gasteiger partial charge in [-0.05, 0) is 48.9 Å². The molecular weight excluding hydrogens is 383 g/mol. The summed E-state index contributed by atoms with van der Waals surface area (Å²) in [5.74, 6) is 0.413. The molecule has 0 spiro atoms. The third-order valence-corrected chi connectivity index (χ3v) is 4.58. The zero-order valence-corrected chi connectivity index (χ0v) is 15.8. The van der Waals surface area contributed by atoms with E-state index in [1.54, 1.807) is 6.07 Å². The first kappa shape index (κ1) is 17.6. The maximum absolute atomic E-state index is 10.1. The lowest BCUT2D eigenvalue weighted by atomic mass is 10.1. The molecule has 0 saturated carbocycles. The van der Waals surface area contributed by atoms with Crippen molar-refractivity contribution in [3.8, 4) is 17.2 Å². The number of fused-ring (bicyclic) bond motifs is 1. The van der Waals surface area contributed by atoms with E-state index in [0.29, 0.717) is 27.7 Å². The second-order valence-electron chi connectivity index (χ2n) is 6.09. The average molecular weight is 397 g/mol. The summed E-state index contributed by atoms with van der Waals surface area (Å²) in [4.78, 5) is 9.05. The zero-order chi connectivity index (χ0) is 19.0. The summed E-state index contributed by atoms with van der Waals surface area (Å²) in [7, 11) is 0. The summed E-state index contributed by atoms with van der Waals surface area (Å²) in [5.41, 5.74) is 4.45. The van der Waals surface area contributed by atoms with Gasteiger partial charge in [0.2, 0.25) is 5.89 Å². The molecule has 0 unspecified atom stereocenters. The van der Waals surface area contributed by atoms with Gasteiger partial charge in [-0.15, -0.1) is 0 Å². The molecule has 1 aromatic heterocycles. The molecule has 0 saturated heterocycles. The number of oxazole rings is 1. The number of para-hydroxylation sites is 1. The second kappa shape index (κ2) is 7.06. The smallest absolute Gasteiger partial charge is 0.229 e. The van der Waals surface area contributed by atoms with Crippen molar-refractivity contribution in [1.29, 1.82) is 0 Å². The minimum Gasteiger partial charge on any atom is -0.506 e. The lowest BCUT2D eigenvalue weighted by Crippen LogP contribution is -1.85. The van der Waals surface area contributed by atoms with Crippen molar-refractivity contribution in [2.75, 3.05) is 0 Å². The molecule has 0 amide bonds. The summed E-state index contributed by atoms with van der Waals surface area (Å²) in [6.07, 6.45) is 1.51. The van der Waals surface area contributed by atoms with Gasteiger partial charge in [0, 0.05) is 16.8 Å². The molecule has 0 aliphatic heterocycles. The number of phenolic OH excluding ortho intramolecular Hbond substituents is 1. The molecule has 0 aliphatic rings. The fourth-order valence-electron chi connectivity index (χ4n) is 2.74. The molecule has 4 rings (SSSR count). The molecule has 134 valence electrons. The second-order valence-corrected chi connectivity index (χ2v) is 6.93. The number of nitrogens with zero attached hydrogens (tertiary/aromatic N) is 2. The van der Waals surface area contributed by atoms with Crippen LogP contribution in [0.2, 0.25) is 10.0 Å². The SMILES string of the molecule is Cc1ccc2oc(-c3ccccc3N=Cc3cc(Cl)cc(Cl)c3O)nc2c1. The van der Waals surface area contributed by atoms with Crippen LogP contribution in [0.1, 0.15) is 11.1 Å². The normalized spacial score (nSPS) is 11.5. The van der Waals surface area contributed by atoms with Crippen LogP contribution in [-0.4, -0.2) is 16.3 Å². The predicted octanol–water partition coefficient (Wildman–Crippen LogP) is 6.57. The molecule has 0 radical (unpaired) electrons. The van der Waals surface area contributed by atoms with E-state index in [1.165, 1.54) is 12.3 Å². The Bertz CT molecular complexity index is 1180. The molecule has 6 heteroatoms. The number of hydrogen-bond acceptors (Lipinski definition) is 4. The van der Waals surface area contributed by atoms with Gasteiger partial charge >= 0.3 is 0 Å². The standard InChI is InChI=1S/C21H14Cl2N2O2/c1-12-6-7-19-18(8-12)25-21(27-19)15-4-2-3-5-17(15)24-11-13-9-14(22)10-16(23)20(13)26/h2-11,26H,1H3. The predicted molar refractivity (Wildman–Crippen MR) is 110 cm³/mol. The Balaban J connectivity index is 1.77. The molecule has 27 heavy (non-hydrogen) atoms. The number of halogens is 2. The van der Waals surface area contributed by atoms with Crippen molar-refractivity contribution in [2.24, 2.45) is 4.99 Å². The maximum atomic E-state index is 10.1. The Morgan fingerprint density at radius 3 is 2.74 bits per heavy atom. The van der Waals surface area contributed by atoms with Crippen LogP contribution in [0.3, 0.4) is 0 Å². The van der Waals surface area contributed by atoms with Crippen LogP contribution in [0, 0.1) is 6.92 Å². The van der Waals surface area contributed by atoms with Crippen LogP contribution in [0.25, 0.3) is 22.6 Å². The number of phenols is 1. The Morgan fingerprint density at radius 1 is 1.07 bits per heavy atom. The van der Waals surface area contributed by atoms with Gasteiger partial charge in [-0.25, -0.2) is 4.98 Å². The van der Waals surface area contributed by atoms with Crippen molar-refractivity contribution < 1.29 is 9.52 Å². The van der Waals surface area contributed by atoms with Gasteiger partial charge in [0.25, 0.3) is 0 Å². The highest BCUT2D eigenvalue weighted by Gasteiger charge is 2.12. The average Bonchev–Trinajstić information content (AvgIpc) is 3.06. The van der Waals surface area contributed by atoms with Crippen molar-refractivity contribution in [3.05, 3.63) is 75.8 Å². The molecule has 4 aromatic rings. The van der Waals surface area contributed by atoms with E-state index < -0.39 is 0 Å². The topological polar surface area (TPSA) is 58.6 Å². The quantitative estimate of drug-likeness (QED) is 0.398. The Hall–Kier alpha value is -2.82. The van der Waals surface area contributed by atoms with Gasteiger partial charge in [0.05, 0.1) is 16.3 Å². The van der Waals surface area contributed by atoms with Crippen LogP contribution >= 0.6 is 23.2 Å². The first-order valence-electron chi connectivity index (χ1n) is 8.20. The van der Waals surface area contributed by atoms with Gasteiger partial charge in [0.1, 0.15) is 11.3 Å². The van der Waals surface area contributed by atoms with Gasteiger partial charge < -0.3 is 9.52 Å². The molecular formula is C21H14Cl2N2O2. The first-order chi connectivity index (χ1) is 13.0. The summed E-state index contributed by atoms with van der Waals surface area (Å²) in [6, 6.07) is 16.4.